The number of methoxy groups -OCH3 is 1. The highest BCUT2D eigenvalue weighted by molar-refractivity contribution is 5.93. The summed E-state index contributed by atoms with van der Waals surface area (Å²) in [5.74, 6) is 0.643. The molecule has 0 atom stereocenters. The van der Waals surface area contributed by atoms with Gasteiger partial charge in [-0.15, -0.1) is 0 Å². The van der Waals surface area contributed by atoms with Crippen LogP contribution in [0.2, 0.25) is 0 Å². The third-order valence-electron chi connectivity index (χ3n) is 3.61. The van der Waals surface area contributed by atoms with Crippen molar-refractivity contribution in [1.29, 1.82) is 0 Å². The van der Waals surface area contributed by atoms with E-state index < -0.39 is 0 Å². The highest BCUT2D eigenvalue weighted by Crippen LogP contribution is 2.31. The molecule has 21 heavy (non-hydrogen) atoms. The zero-order valence-electron chi connectivity index (χ0n) is 12.0. The third-order valence-corrected chi connectivity index (χ3v) is 3.61. The minimum absolute atomic E-state index is 0.218. The quantitative estimate of drug-likeness (QED) is 0.785. The van der Waals surface area contributed by atoms with Gasteiger partial charge in [0.15, 0.2) is 0 Å². The summed E-state index contributed by atoms with van der Waals surface area (Å²) in [7, 11) is 1.60. The van der Waals surface area contributed by atoms with Gasteiger partial charge in [-0.3, -0.25) is 9.36 Å². The molecule has 0 saturated heterocycles. The van der Waals surface area contributed by atoms with Gasteiger partial charge >= 0.3 is 0 Å². The maximum atomic E-state index is 12.5. The van der Waals surface area contributed by atoms with E-state index >= 15 is 0 Å². The molecule has 2 aromatic carbocycles. The maximum absolute atomic E-state index is 12.5. The molecule has 106 valence electrons. The molecule has 0 fully saturated rings. The van der Waals surface area contributed by atoms with Gasteiger partial charge in [-0.2, -0.15) is 0 Å². The third kappa shape index (κ3) is 2.05. The molecule has 3 rings (SSSR count). The number of hydrogen-bond acceptors (Lipinski definition) is 3. The van der Waals surface area contributed by atoms with Crippen molar-refractivity contribution in [3.63, 3.8) is 0 Å². The molecule has 0 aliphatic carbocycles. The average Bonchev–Trinajstić information content (AvgIpc) is 2.51. The fourth-order valence-electron chi connectivity index (χ4n) is 2.55. The lowest BCUT2D eigenvalue weighted by Gasteiger charge is -2.17. The lowest BCUT2D eigenvalue weighted by atomic mass is 10.1. The lowest BCUT2D eigenvalue weighted by Crippen LogP contribution is -2.23. The molecule has 0 aliphatic rings. The normalized spacial score (nSPS) is 10.8. The van der Waals surface area contributed by atoms with Crippen molar-refractivity contribution in [2.75, 3.05) is 12.8 Å². The van der Waals surface area contributed by atoms with Gasteiger partial charge in [-0.1, -0.05) is 30.3 Å². The van der Waals surface area contributed by atoms with Crippen molar-refractivity contribution in [3.05, 3.63) is 64.6 Å². The van der Waals surface area contributed by atoms with E-state index in [1.54, 1.807) is 17.7 Å². The molecule has 4 heteroatoms. The number of hydrogen-bond donors (Lipinski definition) is 1. The average molecular weight is 280 g/mol. The lowest BCUT2D eigenvalue weighted by molar-refractivity contribution is 0.413. The number of ether oxygens (including phenoxy) is 1. The molecule has 1 heterocycles. The van der Waals surface area contributed by atoms with Gasteiger partial charge < -0.3 is 10.5 Å². The second kappa shape index (κ2) is 4.98. The van der Waals surface area contributed by atoms with E-state index in [0.717, 1.165) is 22.2 Å². The van der Waals surface area contributed by atoms with E-state index in [4.69, 9.17) is 10.5 Å². The summed E-state index contributed by atoms with van der Waals surface area (Å²) < 4.78 is 7.06. The molecule has 0 bridgehead atoms. The molecular formula is C17H16N2O2. The number of nitrogens with two attached hydrogens (primary N) is 1. The molecule has 0 saturated carbocycles. The minimum atomic E-state index is -0.232. The monoisotopic (exact) mass is 280 g/mol. The second-order valence-corrected chi connectivity index (χ2v) is 4.91. The Kier molecular flexibility index (Phi) is 3.14. The number of aromatic nitrogens is 1. The largest absolute Gasteiger partial charge is 0.495 e. The van der Waals surface area contributed by atoms with Crippen molar-refractivity contribution < 1.29 is 4.74 Å². The van der Waals surface area contributed by atoms with Crippen molar-refractivity contribution in [2.45, 2.75) is 6.92 Å². The Morgan fingerprint density at radius 1 is 1.05 bits per heavy atom. The fraction of sp³-hybridized carbons (Fsp3) is 0.118. The van der Waals surface area contributed by atoms with E-state index in [0.29, 0.717) is 5.75 Å². The van der Waals surface area contributed by atoms with Crippen LogP contribution in [-0.2, 0) is 0 Å². The first-order valence-corrected chi connectivity index (χ1v) is 6.67. The molecule has 0 spiro atoms. The summed E-state index contributed by atoms with van der Waals surface area (Å²) in [5.41, 5.74) is 7.31. The molecule has 0 unspecified atom stereocenters. The first-order valence-electron chi connectivity index (χ1n) is 6.67. The first kappa shape index (κ1) is 13.2. The smallest absolute Gasteiger partial charge is 0.278 e. The molecule has 0 amide bonds. The minimum Gasteiger partial charge on any atom is -0.495 e. The molecular weight excluding hydrogens is 264 g/mol. The topological polar surface area (TPSA) is 57.2 Å². The molecule has 1 aromatic heterocycles. The summed E-state index contributed by atoms with van der Waals surface area (Å²) >= 11 is 0. The van der Waals surface area contributed by atoms with Crippen LogP contribution in [0.3, 0.4) is 0 Å². The molecule has 0 aliphatic heterocycles. The van der Waals surface area contributed by atoms with Crippen molar-refractivity contribution >= 4 is 16.5 Å². The summed E-state index contributed by atoms with van der Waals surface area (Å²) in [4.78, 5) is 12.5. The number of fused-ring (bicyclic) bond motifs is 1. The number of pyridine rings is 1. The Morgan fingerprint density at radius 3 is 2.57 bits per heavy atom. The number of anilines is 1. The van der Waals surface area contributed by atoms with Gasteiger partial charge in [0.05, 0.1) is 18.5 Å². The fourth-order valence-corrected chi connectivity index (χ4v) is 2.55. The van der Waals surface area contributed by atoms with Gasteiger partial charge in [-0.25, -0.2) is 0 Å². The predicted octanol–water partition coefficient (Wildman–Crippen LogP) is 2.89. The molecule has 4 nitrogen and oxygen atoms in total. The number of benzene rings is 2. The second-order valence-electron chi connectivity index (χ2n) is 4.91. The SMILES string of the molecule is COc1ccc2ccccc2c1-n1c(C)ccc(N)c1=O. The van der Waals surface area contributed by atoms with Crippen molar-refractivity contribution in [2.24, 2.45) is 0 Å². The van der Waals surface area contributed by atoms with Gasteiger partial charge in [-0.05, 0) is 30.5 Å². The predicted molar refractivity (Wildman–Crippen MR) is 85.2 cm³/mol. The number of rotatable bonds is 2. The van der Waals surface area contributed by atoms with Crippen LogP contribution in [0.25, 0.3) is 16.5 Å². The zero-order chi connectivity index (χ0) is 15.0. The molecule has 2 N–H and O–H groups in total. The Hall–Kier alpha value is -2.75. The Bertz CT molecular complexity index is 882. The van der Waals surface area contributed by atoms with Crippen LogP contribution in [0.15, 0.2) is 53.3 Å². The van der Waals surface area contributed by atoms with E-state index in [1.165, 1.54) is 0 Å². The van der Waals surface area contributed by atoms with Crippen molar-refractivity contribution in [3.8, 4) is 11.4 Å². The molecule has 0 radical (unpaired) electrons. The number of nitrogens with zero attached hydrogens (tertiary/aromatic N) is 1. The maximum Gasteiger partial charge on any atom is 0.278 e. The Balaban J connectivity index is 2.50. The zero-order valence-corrected chi connectivity index (χ0v) is 12.0. The Morgan fingerprint density at radius 2 is 1.81 bits per heavy atom. The summed E-state index contributed by atoms with van der Waals surface area (Å²) in [6.07, 6.45) is 0. The van der Waals surface area contributed by atoms with Crippen LogP contribution in [-0.4, -0.2) is 11.7 Å². The van der Waals surface area contributed by atoms with Crippen LogP contribution in [0.5, 0.6) is 5.75 Å². The van der Waals surface area contributed by atoms with Gasteiger partial charge in [0.2, 0.25) is 0 Å². The van der Waals surface area contributed by atoms with E-state index in [1.807, 2.05) is 49.4 Å². The van der Waals surface area contributed by atoms with Gasteiger partial charge in [0.25, 0.3) is 5.56 Å². The first-order chi connectivity index (χ1) is 10.1. The van der Waals surface area contributed by atoms with E-state index in [2.05, 4.69) is 0 Å². The summed E-state index contributed by atoms with van der Waals surface area (Å²) in [6.45, 7) is 1.88. The van der Waals surface area contributed by atoms with Crippen LogP contribution in [0.4, 0.5) is 5.69 Å². The van der Waals surface area contributed by atoms with Crippen LogP contribution >= 0.6 is 0 Å². The standard InChI is InChI=1S/C17H16N2O2/c1-11-7-9-14(18)17(20)19(11)16-13-6-4-3-5-12(13)8-10-15(16)21-2/h3-10H,18H2,1-2H3. The van der Waals surface area contributed by atoms with Crippen LogP contribution < -0.4 is 16.0 Å². The Labute approximate surface area is 122 Å². The number of nitrogen functional groups attached to an aromatic ring is 1. The van der Waals surface area contributed by atoms with E-state index in [-0.39, 0.29) is 11.2 Å². The van der Waals surface area contributed by atoms with Gasteiger partial charge in [0.1, 0.15) is 5.75 Å². The molecule has 3 aromatic rings. The van der Waals surface area contributed by atoms with Crippen molar-refractivity contribution in [1.82, 2.24) is 4.57 Å². The van der Waals surface area contributed by atoms with Crippen LogP contribution in [0.1, 0.15) is 5.69 Å². The van der Waals surface area contributed by atoms with Crippen LogP contribution in [0, 0.1) is 6.92 Å². The van der Waals surface area contributed by atoms with Gasteiger partial charge in [0, 0.05) is 11.1 Å². The highest BCUT2D eigenvalue weighted by Gasteiger charge is 2.14. The highest BCUT2D eigenvalue weighted by atomic mass is 16.5. The summed E-state index contributed by atoms with van der Waals surface area (Å²) in [6, 6.07) is 15.2. The number of aryl methyl sites for hydroxylation is 1. The van der Waals surface area contributed by atoms with E-state index in [9.17, 15) is 4.79 Å². The summed E-state index contributed by atoms with van der Waals surface area (Å²) in [5, 5.41) is 2.00.